The molecule has 0 aromatic carbocycles. The Morgan fingerprint density at radius 3 is 3.14 bits per heavy atom. The zero-order valence-electron chi connectivity index (χ0n) is 8.43. The largest absolute Gasteiger partial charge is 0.362 e. The molecule has 14 heavy (non-hydrogen) atoms. The highest BCUT2D eigenvalue weighted by atomic mass is 14.9. The third-order valence-electron chi connectivity index (χ3n) is 3.08. The first-order valence-corrected chi connectivity index (χ1v) is 4.90. The lowest BCUT2D eigenvalue weighted by Crippen LogP contribution is -2.25. The first kappa shape index (κ1) is 9.08. The molecule has 0 bridgehead atoms. The van der Waals surface area contributed by atoms with Gasteiger partial charge < -0.3 is 5.32 Å². The number of nitriles is 1. The average Bonchev–Trinajstić information content (AvgIpc) is 2.20. The van der Waals surface area contributed by atoms with Crippen LogP contribution in [0.25, 0.3) is 0 Å². The minimum atomic E-state index is -0.200. The molecular weight excluding hydrogens is 172 g/mol. The Morgan fingerprint density at radius 2 is 2.43 bits per heavy atom. The van der Waals surface area contributed by atoms with Gasteiger partial charge in [0.2, 0.25) is 0 Å². The first-order chi connectivity index (χ1) is 6.64. The van der Waals surface area contributed by atoms with E-state index in [1.165, 1.54) is 11.1 Å². The number of dihydropyridines is 1. The van der Waals surface area contributed by atoms with Gasteiger partial charge in [-0.2, -0.15) is 5.26 Å². The van der Waals surface area contributed by atoms with E-state index >= 15 is 0 Å². The highest BCUT2D eigenvalue weighted by molar-refractivity contribution is 5.45. The molecule has 2 nitrogen and oxygen atoms in total. The lowest BCUT2D eigenvalue weighted by molar-refractivity contribution is 0.381. The van der Waals surface area contributed by atoms with Crippen LogP contribution in [0.1, 0.15) is 26.2 Å². The Kier molecular flexibility index (Phi) is 1.96. The molecule has 1 atom stereocenters. The van der Waals surface area contributed by atoms with Crippen LogP contribution in [0.5, 0.6) is 0 Å². The second-order valence-electron chi connectivity index (χ2n) is 4.31. The fraction of sp³-hybridized carbons (Fsp3) is 0.417. The third kappa shape index (κ3) is 1.35. The SMILES string of the molecule is C=C1NC=CC2=C1CC(C)(C#N)CC2. The molecule has 1 heterocycles. The Hall–Kier alpha value is -1.49. The molecule has 0 amide bonds. The maximum atomic E-state index is 9.09. The molecule has 2 heteroatoms. The van der Waals surface area contributed by atoms with E-state index in [1.807, 2.05) is 13.1 Å². The van der Waals surface area contributed by atoms with Gasteiger partial charge in [-0.1, -0.05) is 6.58 Å². The maximum Gasteiger partial charge on any atom is 0.0690 e. The number of nitrogens with zero attached hydrogens (tertiary/aromatic N) is 1. The summed E-state index contributed by atoms with van der Waals surface area (Å²) in [6.07, 6.45) is 6.81. The molecular formula is C12H14N2. The second-order valence-corrected chi connectivity index (χ2v) is 4.31. The van der Waals surface area contributed by atoms with E-state index in [4.69, 9.17) is 5.26 Å². The maximum absolute atomic E-state index is 9.09. The first-order valence-electron chi connectivity index (χ1n) is 4.90. The summed E-state index contributed by atoms with van der Waals surface area (Å²) in [5.74, 6) is 0. The quantitative estimate of drug-likeness (QED) is 0.631. The smallest absolute Gasteiger partial charge is 0.0690 e. The van der Waals surface area contributed by atoms with Gasteiger partial charge in [0.25, 0.3) is 0 Å². The minimum absolute atomic E-state index is 0.200. The molecule has 1 unspecified atom stereocenters. The van der Waals surface area contributed by atoms with E-state index in [0.29, 0.717) is 0 Å². The Morgan fingerprint density at radius 1 is 1.64 bits per heavy atom. The van der Waals surface area contributed by atoms with Crippen LogP contribution in [-0.2, 0) is 0 Å². The van der Waals surface area contributed by atoms with Crippen molar-refractivity contribution in [3.8, 4) is 6.07 Å². The number of hydrogen-bond acceptors (Lipinski definition) is 2. The van der Waals surface area contributed by atoms with Gasteiger partial charge in [0.15, 0.2) is 0 Å². The van der Waals surface area contributed by atoms with Gasteiger partial charge in [0.05, 0.1) is 11.5 Å². The van der Waals surface area contributed by atoms with Gasteiger partial charge in [-0.3, -0.25) is 0 Å². The van der Waals surface area contributed by atoms with Crippen LogP contribution in [0, 0.1) is 16.7 Å². The summed E-state index contributed by atoms with van der Waals surface area (Å²) >= 11 is 0. The zero-order valence-corrected chi connectivity index (χ0v) is 8.43. The summed E-state index contributed by atoms with van der Waals surface area (Å²) in [5.41, 5.74) is 3.35. The van der Waals surface area contributed by atoms with E-state index in [1.54, 1.807) is 0 Å². The van der Waals surface area contributed by atoms with E-state index in [-0.39, 0.29) is 5.41 Å². The van der Waals surface area contributed by atoms with Crippen molar-refractivity contribution >= 4 is 0 Å². The summed E-state index contributed by atoms with van der Waals surface area (Å²) in [4.78, 5) is 0. The van der Waals surface area contributed by atoms with E-state index in [2.05, 4.69) is 24.0 Å². The van der Waals surface area contributed by atoms with Gasteiger partial charge in [-0.05, 0) is 43.4 Å². The molecule has 2 rings (SSSR count). The van der Waals surface area contributed by atoms with Crippen molar-refractivity contribution in [2.24, 2.45) is 5.41 Å². The van der Waals surface area contributed by atoms with Crippen LogP contribution < -0.4 is 5.32 Å². The van der Waals surface area contributed by atoms with Crippen molar-refractivity contribution in [1.82, 2.24) is 5.32 Å². The monoisotopic (exact) mass is 186 g/mol. The lowest BCUT2D eigenvalue weighted by Gasteiger charge is -2.32. The van der Waals surface area contributed by atoms with Gasteiger partial charge in [-0.25, -0.2) is 0 Å². The van der Waals surface area contributed by atoms with Crippen LogP contribution in [0.15, 0.2) is 35.7 Å². The van der Waals surface area contributed by atoms with Gasteiger partial charge in [0.1, 0.15) is 0 Å². The van der Waals surface area contributed by atoms with Gasteiger partial charge in [-0.15, -0.1) is 0 Å². The van der Waals surface area contributed by atoms with Crippen molar-refractivity contribution in [2.75, 3.05) is 0 Å². The predicted octanol–water partition coefficient (Wildman–Crippen LogP) is 2.63. The second kappa shape index (κ2) is 3.02. The molecule has 1 aliphatic carbocycles. The lowest BCUT2D eigenvalue weighted by atomic mass is 9.72. The molecule has 0 saturated heterocycles. The van der Waals surface area contributed by atoms with Crippen LogP contribution in [0.4, 0.5) is 0 Å². The van der Waals surface area contributed by atoms with Crippen molar-refractivity contribution in [2.45, 2.75) is 26.2 Å². The summed E-state index contributed by atoms with van der Waals surface area (Å²) in [6, 6.07) is 2.41. The Balaban J connectivity index is 2.35. The summed E-state index contributed by atoms with van der Waals surface area (Å²) in [5, 5.41) is 12.2. The van der Waals surface area contributed by atoms with Crippen LogP contribution in [0.3, 0.4) is 0 Å². The molecule has 0 aromatic rings. The van der Waals surface area contributed by atoms with Crippen molar-refractivity contribution in [3.63, 3.8) is 0 Å². The van der Waals surface area contributed by atoms with Crippen molar-refractivity contribution < 1.29 is 0 Å². The third-order valence-corrected chi connectivity index (χ3v) is 3.08. The highest BCUT2D eigenvalue weighted by Crippen LogP contribution is 2.41. The van der Waals surface area contributed by atoms with Crippen LogP contribution in [-0.4, -0.2) is 0 Å². The normalized spacial score (nSPS) is 30.7. The summed E-state index contributed by atoms with van der Waals surface area (Å²) in [7, 11) is 0. The van der Waals surface area contributed by atoms with E-state index < -0.39 is 0 Å². The molecule has 72 valence electrons. The number of rotatable bonds is 0. The molecule has 1 N–H and O–H groups in total. The summed E-state index contributed by atoms with van der Waals surface area (Å²) in [6.45, 7) is 6.00. The van der Waals surface area contributed by atoms with Crippen molar-refractivity contribution in [1.29, 1.82) is 5.26 Å². The molecule has 0 saturated carbocycles. The molecule has 2 aliphatic rings. The van der Waals surface area contributed by atoms with Crippen LogP contribution in [0.2, 0.25) is 0 Å². The molecule has 1 aliphatic heterocycles. The van der Waals surface area contributed by atoms with Crippen molar-refractivity contribution in [3.05, 3.63) is 35.7 Å². The Labute approximate surface area is 84.6 Å². The van der Waals surface area contributed by atoms with Gasteiger partial charge >= 0.3 is 0 Å². The highest BCUT2D eigenvalue weighted by Gasteiger charge is 2.32. The molecule has 0 fully saturated rings. The molecule has 0 aromatic heterocycles. The van der Waals surface area contributed by atoms with Crippen LogP contribution >= 0.6 is 0 Å². The average molecular weight is 186 g/mol. The molecule has 0 spiro atoms. The number of nitrogens with one attached hydrogen (secondary N) is 1. The topological polar surface area (TPSA) is 35.8 Å². The van der Waals surface area contributed by atoms with E-state index in [9.17, 15) is 0 Å². The fourth-order valence-electron chi connectivity index (χ4n) is 2.06. The minimum Gasteiger partial charge on any atom is -0.362 e. The number of allylic oxidation sites excluding steroid dienone is 3. The standard InChI is InChI=1S/C12H14N2/c1-9-11-7-12(2,8-13)5-3-10(11)4-6-14-9/h4,6,14H,1,3,5,7H2,2H3. The number of hydrogen-bond donors (Lipinski definition) is 1. The predicted molar refractivity (Wildman–Crippen MR) is 56.0 cm³/mol. The molecule has 0 radical (unpaired) electrons. The Bertz CT molecular complexity index is 382. The van der Waals surface area contributed by atoms with E-state index in [0.717, 1.165) is 25.0 Å². The zero-order chi connectivity index (χ0) is 10.2. The summed E-state index contributed by atoms with van der Waals surface area (Å²) < 4.78 is 0. The van der Waals surface area contributed by atoms with Gasteiger partial charge in [0, 0.05) is 11.9 Å². The fourth-order valence-corrected chi connectivity index (χ4v) is 2.06.